The van der Waals surface area contributed by atoms with Gasteiger partial charge in [0.05, 0.1) is 4.47 Å². The van der Waals surface area contributed by atoms with Gasteiger partial charge in [0.1, 0.15) is 17.3 Å². The van der Waals surface area contributed by atoms with Crippen LogP contribution in [0.25, 0.3) is 10.9 Å². The zero-order chi connectivity index (χ0) is 14.9. The summed E-state index contributed by atoms with van der Waals surface area (Å²) in [5.41, 5.74) is 0.621. The summed E-state index contributed by atoms with van der Waals surface area (Å²) in [6, 6.07) is 5.44. The lowest BCUT2D eigenvalue weighted by atomic mass is 10.1. The largest absolute Gasteiger partial charge is 0.482 e. The minimum Gasteiger partial charge on any atom is -0.482 e. The standard InChI is InChI=1S/C14H12Br2ClNO2/c1-7(2)11(19)6-20-14-10(16)5-9(15)8-3-4-12(17)18-13(8)14/h3-5,7H,6H2,1-2H3. The molecular weight excluding hydrogens is 409 g/mol. The SMILES string of the molecule is CC(C)C(=O)COc1c(Br)cc(Br)c2ccc(Cl)nc12. The van der Waals surface area contributed by atoms with Crippen LogP contribution in [-0.2, 0) is 4.79 Å². The van der Waals surface area contributed by atoms with Crippen molar-refractivity contribution in [3.63, 3.8) is 0 Å². The highest BCUT2D eigenvalue weighted by Gasteiger charge is 2.15. The second kappa shape index (κ2) is 6.41. The van der Waals surface area contributed by atoms with Crippen molar-refractivity contribution < 1.29 is 9.53 Å². The highest BCUT2D eigenvalue weighted by Crippen LogP contribution is 2.38. The molecule has 0 saturated heterocycles. The van der Waals surface area contributed by atoms with Crippen LogP contribution < -0.4 is 4.74 Å². The molecule has 0 atom stereocenters. The van der Waals surface area contributed by atoms with Crippen LogP contribution in [0.4, 0.5) is 0 Å². The second-order valence-corrected chi connectivity index (χ2v) is 6.71. The van der Waals surface area contributed by atoms with Crippen LogP contribution in [0.5, 0.6) is 5.75 Å². The van der Waals surface area contributed by atoms with E-state index in [1.165, 1.54) is 0 Å². The van der Waals surface area contributed by atoms with E-state index in [1.54, 1.807) is 6.07 Å². The summed E-state index contributed by atoms with van der Waals surface area (Å²) >= 11 is 12.8. The molecule has 0 N–H and O–H groups in total. The van der Waals surface area contributed by atoms with Crippen molar-refractivity contribution in [3.05, 3.63) is 32.3 Å². The number of carbonyl (C=O) groups is 1. The van der Waals surface area contributed by atoms with E-state index in [4.69, 9.17) is 16.3 Å². The van der Waals surface area contributed by atoms with Gasteiger partial charge in [0, 0.05) is 15.8 Å². The van der Waals surface area contributed by atoms with Gasteiger partial charge in [-0.1, -0.05) is 41.4 Å². The van der Waals surface area contributed by atoms with Crippen LogP contribution in [0.1, 0.15) is 13.8 Å². The Hall–Kier alpha value is -0.650. The number of Topliss-reactive ketones (excluding diaryl/α,β-unsaturated/α-hetero) is 1. The van der Waals surface area contributed by atoms with E-state index in [1.807, 2.05) is 26.0 Å². The minimum atomic E-state index is -0.0629. The number of aromatic nitrogens is 1. The first-order valence-electron chi connectivity index (χ1n) is 6.00. The maximum absolute atomic E-state index is 11.7. The van der Waals surface area contributed by atoms with Gasteiger partial charge >= 0.3 is 0 Å². The third kappa shape index (κ3) is 3.32. The number of pyridine rings is 1. The maximum Gasteiger partial charge on any atom is 0.172 e. The van der Waals surface area contributed by atoms with Gasteiger partial charge in [-0.2, -0.15) is 0 Å². The molecule has 0 aliphatic carbocycles. The summed E-state index contributed by atoms with van der Waals surface area (Å²) < 4.78 is 7.25. The van der Waals surface area contributed by atoms with Crippen LogP contribution in [0, 0.1) is 5.92 Å². The van der Waals surface area contributed by atoms with Gasteiger partial charge in [-0.3, -0.25) is 4.79 Å². The lowest BCUT2D eigenvalue weighted by Crippen LogP contribution is -2.17. The van der Waals surface area contributed by atoms with E-state index in [0.717, 1.165) is 14.3 Å². The molecule has 1 aromatic heterocycles. The highest BCUT2D eigenvalue weighted by molar-refractivity contribution is 9.11. The Balaban J connectivity index is 2.46. The Morgan fingerprint density at radius 1 is 1.35 bits per heavy atom. The summed E-state index contributed by atoms with van der Waals surface area (Å²) in [7, 11) is 0. The van der Waals surface area contributed by atoms with Gasteiger partial charge in [-0.05, 0) is 34.1 Å². The van der Waals surface area contributed by atoms with Crippen LogP contribution in [-0.4, -0.2) is 17.4 Å². The molecule has 2 rings (SSSR count). The summed E-state index contributed by atoms with van der Waals surface area (Å²) in [6.45, 7) is 3.70. The zero-order valence-corrected chi connectivity index (χ0v) is 14.8. The summed E-state index contributed by atoms with van der Waals surface area (Å²) in [6.07, 6.45) is 0. The quantitative estimate of drug-likeness (QED) is 0.651. The summed E-state index contributed by atoms with van der Waals surface area (Å²) in [4.78, 5) is 16.0. The van der Waals surface area contributed by atoms with Crippen molar-refractivity contribution in [2.24, 2.45) is 5.92 Å². The maximum atomic E-state index is 11.7. The Kier molecular flexibility index (Phi) is 5.04. The van der Waals surface area contributed by atoms with E-state index in [2.05, 4.69) is 36.8 Å². The fourth-order valence-electron chi connectivity index (χ4n) is 1.62. The first-order valence-corrected chi connectivity index (χ1v) is 7.96. The molecule has 20 heavy (non-hydrogen) atoms. The molecule has 0 aliphatic rings. The molecule has 0 aliphatic heterocycles. The molecule has 6 heteroatoms. The smallest absolute Gasteiger partial charge is 0.172 e. The van der Waals surface area contributed by atoms with E-state index in [0.29, 0.717) is 16.4 Å². The Bertz CT molecular complexity index is 674. The van der Waals surface area contributed by atoms with Gasteiger partial charge in [-0.25, -0.2) is 4.98 Å². The van der Waals surface area contributed by atoms with Gasteiger partial charge in [-0.15, -0.1) is 0 Å². The lowest BCUT2D eigenvalue weighted by molar-refractivity contribution is -0.123. The minimum absolute atomic E-state index is 0.0151. The Morgan fingerprint density at radius 2 is 2.05 bits per heavy atom. The number of hydrogen-bond donors (Lipinski definition) is 0. The highest BCUT2D eigenvalue weighted by atomic mass is 79.9. The predicted octanol–water partition coefficient (Wildman–Crippen LogP) is 5.02. The molecule has 3 nitrogen and oxygen atoms in total. The fourth-order valence-corrected chi connectivity index (χ4v) is 3.15. The number of ketones is 1. The Labute approximate surface area is 138 Å². The van der Waals surface area contributed by atoms with Gasteiger partial charge in [0.25, 0.3) is 0 Å². The molecule has 0 unspecified atom stereocenters. The van der Waals surface area contributed by atoms with Crippen molar-refractivity contribution >= 4 is 60.1 Å². The van der Waals surface area contributed by atoms with Crippen LogP contribution in [0.15, 0.2) is 27.1 Å². The fraction of sp³-hybridized carbons (Fsp3) is 0.286. The van der Waals surface area contributed by atoms with Crippen molar-refractivity contribution in [2.45, 2.75) is 13.8 Å². The van der Waals surface area contributed by atoms with Crippen LogP contribution in [0.2, 0.25) is 5.15 Å². The van der Waals surface area contributed by atoms with Gasteiger partial charge in [0.15, 0.2) is 11.5 Å². The number of hydrogen-bond acceptors (Lipinski definition) is 3. The number of fused-ring (bicyclic) bond motifs is 1. The van der Waals surface area contributed by atoms with Gasteiger partial charge < -0.3 is 4.74 Å². The number of halogens is 3. The first kappa shape index (κ1) is 15.7. The molecule has 106 valence electrons. The number of nitrogens with zero attached hydrogens (tertiary/aromatic N) is 1. The third-order valence-electron chi connectivity index (χ3n) is 2.81. The average molecular weight is 422 g/mol. The molecular formula is C14H12Br2ClNO2. The number of rotatable bonds is 4. The Morgan fingerprint density at radius 3 is 2.70 bits per heavy atom. The predicted molar refractivity (Wildman–Crippen MR) is 87.5 cm³/mol. The zero-order valence-electron chi connectivity index (χ0n) is 10.9. The van der Waals surface area contributed by atoms with E-state index in [9.17, 15) is 4.79 Å². The number of benzene rings is 1. The molecule has 0 radical (unpaired) electrons. The molecule has 0 bridgehead atoms. The molecule has 0 amide bonds. The van der Waals surface area contributed by atoms with E-state index >= 15 is 0 Å². The third-order valence-corrected chi connectivity index (χ3v) is 4.26. The topological polar surface area (TPSA) is 39.2 Å². The molecule has 1 heterocycles. The number of carbonyl (C=O) groups excluding carboxylic acids is 1. The first-order chi connectivity index (χ1) is 9.40. The van der Waals surface area contributed by atoms with E-state index < -0.39 is 0 Å². The van der Waals surface area contributed by atoms with Crippen molar-refractivity contribution in [2.75, 3.05) is 6.61 Å². The molecule has 0 saturated carbocycles. The van der Waals surface area contributed by atoms with Crippen molar-refractivity contribution in [1.82, 2.24) is 4.98 Å². The van der Waals surface area contributed by atoms with E-state index in [-0.39, 0.29) is 18.3 Å². The molecule has 0 spiro atoms. The molecule has 2 aromatic rings. The molecule has 1 aromatic carbocycles. The van der Waals surface area contributed by atoms with Crippen molar-refractivity contribution in [3.8, 4) is 5.75 Å². The number of ether oxygens (including phenoxy) is 1. The summed E-state index contributed by atoms with van der Waals surface area (Å²) in [5.74, 6) is 0.502. The average Bonchev–Trinajstić information content (AvgIpc) is 2.37. The van der Waals surface area contributed by atoms with Gasteiger partial charge in [0.2, 0.25) is 0 Å². The normalized spacial score (nSPS) is 11.1. The summed E-state index contributed by atoms with van der Waals surface area (Å²) in [5, 5.41) is 1.26. The second-order valence-electron chi connectivity index (χ2n) is 4.61. The lowest BCUT2D eigenvalue weighted by Gasteiger charge is -2.12. The monoisotopic (exact) mass is 419 g/mol. The van der Waals surface area contributed by atoms with Crippen LogP contribution in [0.3, 0.4) is 0 Å². The molecule has 0 fully saturated rings. The van der Waals surface area contributed by atoms with Crippen molar-refractivity contribution in [1.29, 1.82) is 0 Å². The van der Waals surface area contributed by atoms with Crippen LogP contribution >= 0.6 is 43.5 Å².